The van der Waals surface area contributed by atoms with Crippen LogP contribution in [0.15, 0.2) is 48.8 Å². The van der Waals surface area contributed by atoms with Crippen LogP contribution in [0.1, 0.15) is 17.2 Å². The highest BCUT2D eigenvalue weighted by Crippen LogP contribution is 2.28. The molecule has 0 bridgehead atoms. The first-order valence-corrected chi connectivity index (χ1v) is 5.04. The summed E-state index contributed by atoms with van der Waals surface area (Å²) in [6.07, 6.45) is 2.56. The molecule has 0 fully saturated rings. The first-order chi connectivity index (χ1) is 7.83. The van der Waals surface area contributed by atoms with Gasteiger partial charge in [0.15, 0.2) is 0 Å². The molecule has 16 heavy (non-hydrogen) atoms. The van der Waals surface area contributed by atoms with Crippen LogP contribution >= 0.6 is 0 Å². The van der Waals surface area contributed by atoms with E-state index in [0.717, 1.165) is 11.1 Å². The van der Waals surface area contributed by atoms with Crippen LogP contribution < -0.4 is 4.74 Å². The zero-order chi connectivity index (χ0) is 11.4. The van der Waals surface area contributed by atoms with Gasteiger partial charge in [0.1, 0.15) is 11.9 Å². The number of ether oxygens (including phenoxy) is 1. The Morgan fingerprint density at radius 3 is 2.62 bits per heavy atom. The van der Waals surface area contributed by atoms with Gasteiger partial charge in [-0.15, -0.1) is 0 Å². The summed E-state index contributed by atoms with van der Waals surface area (Å²) in [5.41, 5.74) is 1.57. The molecule has 3 nitrogen and oxygen atoms in total. The summed E-state index contributed by atoms with van der Waals surface area (Å²) < 4.78 is 5.17. The van der Waals surface area contributed by atoms with Gasteiger partial charge in [-0.2, -0.15) is 0 Å². The molecule has 0 saturated heterocycles. The lowest BCUT2D eigenvalue weighted by atomic mass is 10.0. The van der Waals surface area contributed by atoms with Crippen LogP contribution in [0, 0.1) is 0 Å². The number of hydrogen-bond acceptors (Lipinski definition) is 3. The average Bonchev–Trinajstić information content (AvgIpc) is 2.39. The highest BCUT2D eigenvalue weighted by atomic mass is 16.5. The number of benzene rings is 1. The molecule has 0 saturated carbocycles. The summed E-state index contributed by atoms with van der Waals surface area (Å²) in [6, 6.07) is 11.2. The van der Waals surface area contributed by atoms with E-state index in [1.165, 1.54) is 0 Å². The van der Waals surface area contributed by atoms with Crippen molar-refractivity contribution in [2.45, 2.75) is 6.10 Å². The van der Waals surface area contributed by atoms with E-state index < -0.39 is 6.10 Å². The van der Waals surface area contributed by atoms with Gasteiger partial charge in [0, 0.05) is 11.8 Å². The maximum absolute atomic E-state index is 10.2. The van der Waals surface area contributed by atoms with Gasteiger partial charge in [0.05, 0.1) is 13.3 Å². The van der Waals surface area contributed by atoms with Crippen molar-refractivity contribution in [3.63, 3.8) is 0 Å². The zero-order valence-corrected chi connectivity index (χ0v) is 9.00. The molecule has 2 rings (SSSR count). The molecule has 0 radical (unpaired) electrons. The summed E-state index contributed by atoms with van der Waals surface area (Å²) in [5, 5.41) is 10.2. The summed E-state index contributed by atoms with van der Waals surface area (Å²) >= 11 is 0. The van der Waals surface area contributed by atoms with Crippen LogP contribution in [0.5, 0.6) is 5.75 Å². The molecule has 2 aromatic rings. The van der Waals surface area contributed by atoms with Gasteiger partial charge in [-0.05, 0) is 11.6 Å². The number of nitrogens with zero attached hydrogens (tertiary/aromatic N) is 1. The van der Waals surface area contributed by atoms with Crippen molar-refractivity contribution in [1.29, 1.82) is 0 Å². The molecule has 0 aliphatic heterocycles. The second-order valence-corrected chi connectivity index (χ2v) is 3.43. The number of aliphatic hydroxyl groups excluding tert-OH is 1. The number of methoxy groups -OCH3 is 1. The Morgan fingerprint density at radius 1 is 1.19 bits per heavy atom. The average molecular weight is 215 g/mol. The van der Waals surface area contributed by atoms with Crippen LogP contribution in [0.2, 0.25) is 0 Å². The number of aliphatic hydroxyl groups is 1. The van der Waals surface area contributed by atoms with Gasteiger partial charge < -0.3 is 9.84 Å². The molecule has 3 heteroatoms. The number of hydrogen-bond donors (Lipinski definition) is 1. The zero-order valence-electron chi connectivity index (χ0n) is 9.00. The van der Waals surface area contributed by atoms with E-state index in [1.807, 2.05) is 30.3 Å². The summed E-state index contributed by atoms with van der Waals surface area (Å²) in [4.78, 5) is 3.96. The Bertz CT molecular complexity index is 456. The number of aromatic nitrogens is 1. The Hall–Kier alpha value is -1.87. The second-order valence-electron chi connectivity index (χ2n) is 3.43. The molecule has 82 valence electrons. The third kappa shape index (κ3) is 2.04. The lowest BCUT2D eigenvalue weighted by molar-refractivity contribution is 0.214. The van der Waals surface area contributed by atoms with Gasteiger partial charge in [0.2, 0.25) is 0 Å². The molecule has 0 spiro atoms. The second kappa shape index (κ2) is 4.77. The Labute approximate surface area is 94.3 Å². The third-order valence-electron chi connectivity index (χ3n) is 2.45. The lowest BCUT2D eigenvalue weighted by Crippen LogP contribution is -2.02. The van der Waals surface area contributed by atoms with E-state index >= 15 is 0 Å². The Kier molecular flexibility index (Phi) is 3.17. The first kappa shape index (κ1) is 10.6. The van der Waals surface area contributed by atoms with E-state index in [1.54, 1.807) is 25.6 Å². The number of rotatable bonds is 3. The normalized spacial score (nSPS) is 12.1. The topological polar surface area (TPSA) is 42.4 Å². The molecule has 1 atom stereocenters. The molecular weight excluding hydrogens is 202 g/mol. The summed E-state index contributed by atoms with van der Waals surface area (Å²) in [6.45, 7) is 0. The SMILES string of the molecule is COc1cnccc1C(O)c1ccccc1. The summed E-state index contributed by atoms with van der Waals surface area (Å²) in [5.74, 6) is 0.596. The van der Waals surface area contributed by atoms with Crippen molar-refractivity contribution in [3.8, 4) is 5.75 Å². The predicted octanol–water partition coefficient (Wildman–Crippen LogP) is 2.17. The van der Waals surface area contributed by atoms with E-state index in [2.05, 4.69) is 4.98 Å². The van der Waals surface area contributed by atoms with E-state index in [0.29, 0.717) is 5.75 Å². The van der Waals surface area contributed by atoms with Crippen molar-refractivity contribution in [3.05, 3.63) is 59.9 Å². The fourth-order valence-corrected chi connectivity index (χ4v) is 1.60. The van der Waals surface area contributed by atoms with Gasteiger partial charge in [-0.25, -0.2) is 0 Å². The minimum atomic E-state index is -0.681. The maximum Gasteiger partial charge on any atom is 0.143 e. The van der Waals surface area contributed by atoms with Gasteiger partial charge in [-0.1, -0.05) is 30.3 Å². The predicted molar refractivity (Wildman–Crippen MR) is 61.3 cm³/mol. The van der Waals surface area contributed by atoms with Crippen molar-refractivity contribution >= 4 is 0 Å². The van der Waals surface area contributed by atoms with Crippen molar-refractivity contribution in [2.24, 2.45) is 0 Å². The molecule has 1 aromatic carbocycles. The van der Waals surface area contributed by atoms with Crippen LogP contribution in [0.4, 0.5) is 0 Å². The molecule has 0 amide bonds. The quantitative estimate of drug-likeness (QED) is 0.853. The van der Waals surface area contributed by atoms with Gasteiger partial charge in [-0.3, -0.25) is 4.98 Å². The Balaban J connectivity index is 2.37. The highest BCUT2D eigenvalue weighted by Gasteiger charge is 2.14. The van der Waals surface area contributed by atoms with Crippen molar-refractivity contribution < 1.29 is 9.84 Å². The van der Waals surface area contributed by atoms with Crippen LogP contribution in [0.25, 0.3) is 0 Å². The molecule has 1 N–H and O–H groups in total. The third-order valence-corrected chi connectivity index (χ3v) is 2.45. The molecule has 1 heterocycles. The molecule has 1 aromatic heterocycles. The maximum atomic E-state index is 10.2. The minimum Gasteiger partial charge on any atom is -0.495 e. The largest absolute Gasteiger partial charge is 0.495 e. The van der Waals surface area contributed by atoms with Crippen molar-refractivity contribution in [1.82, 2.24) is 4.98 Å². The Morgan fingerprint density at radius 2 is 1.94 bits per heavy atom. The fraction of sp³-hybridized carbons (Fsp3) is 0.154. The highest BCUT2D eigenvalue weighted by molar-refractivity contribution is 5.37. The monoisotopic (exact) mass is 215 g/mol. The first-order valence-electron chi connectivity index (χ1n) is 5.04. The van der Waals surface area contributed by atoms with E-state index in [4.69, 9.17) is 4.74 Å². The van der Waals surface area contributed by atoms with Crippen molar-refractivity contribution in [2.75, 3.05) is 7.11 Å². The van der Waals surface area contributed by atoms with Gasteiger partial charge in [0.25, 0.3) is 0 Å². The molecular formula is C13H13NO2. The van der Waals surface area contributed by atoms with Crippen LogP contribution in [-0.4, -0.2) is 17.2 Å². The summed E-state index contributed by atoms with van der Waals surface area (Å²) in [7, 11) is 1.57. The fourth-order valence-electron chi connectivity index (χ4n) is 1.60. The van der Waals surface area contributed by atoms with Crippen LogP contribution in [-0.2, 0) is 0 Å². The van der Waals surface area contributed by atoms with Crippen LogP contribution in [0.3, 0.4) is 0 Å². The number of pyridine rings is 1. The molecule has 1 unspecified atom stereocenters. The minimum absolute atomic E-state index is 0.596. The van der Waals surface area contributed by atoms with E-state index in [-0.39, 0.29) is 0 Å². The lowest BCUT2D eigenvalue weighted by Gasteiger charge is -2.14. The van der Waals surface area contributed by atoms with E-state index in [9.17, 15) is 5.11 Å². The standard InChI is InChI=1S/C13H13NO2/c1-16-12-9-14-8-7-11(12)13(15)10-5-3-2-4-6-10/h2-9,13,15H,1H3. The molecule has 0 aliphatic carbocycles. The molecule has 0 aliphatic rings. The smallest absolute Gasteiger partial charge is 0.143 e. The van der Waals surface area contributed by atoms with Gasteiger partial charge >= 0.3 is 0 Å².